The molecule has 1 rings (SSSR count). The quantitative estimate of drug-likeness (QED) is 0.725. The molecule has 1 aromatic heterocycles. The van der Waals surface area contributed by atoms with Crippen LogP contribution in [0.3, 0.4) is 0 Å². The number of rotatable bonds is 3. The molecular formula is C9H17N3. The molecule has 0 aliphatic rings. The second-order valence-electron chi connectivity index (χ2n) is 3.80. The van der Waals surface area contributed by atoms with Crippen LogP contribution in [0, 0.1) is 6.92 Å². The predicted octanol–water partition coefficient (Wildman–Crippen LogP) is 2.32. The number of hydrogen-bond acceptors (Lipinski definition) is 2. The lowest BCUT2D eigenvalue weighted by Gasteiger charge is -2.23. The molecule has 2 N–H and O–H groups in total. The van der Waals surface area contributed by atoms with Crippen molar-refractivity contribution < 1.29 is 0 Å². The predicted molar refractivity (Wildman–Crippen MR) is 51.3 cm³/mol. The van der Waals surface area contributed by atoms with Gasteiger partial charge in [0.15, 0.2) is 0 Å². The summed E-state index contributed by atoms with van der Waals surface area (Å²) in [6.45, 7) is 8.48. The average molecular weight is 167 g/mol. The fraction of sp³-hybridized carbons (Fsp3) is 0.667. The lowest BCUT2D eigenvalue weighted by molar-refractivity contribution is 0.545. The molecule has 0 saturated heterocycles. The van der Waals surface area contributed by atoms with Crippen LogP contribution in [0.2, 0.25) is 0 Å². The summed E-state index contributed by atoms with van der Waals surface area (Å²) in [4.78, 5) is 0. The highest BCUT2D eigenvalue weighted by Crippen LogP contribution is 2.15. The van der Waals surface area contributed by atoms with Gasteiger partial charge in [-0.2, -0.15) is 5.10 Å². The van der Waals surface area contributed by atoms with Gasteiger partial charge < -0.3 is 5.32 Å². The van der Waals surface area contributed by atoms with Crippen LogP contribution in [0.15, 0.2) is 6.07 Å². The van der Waals surface area contributed by atoms with Crippen molar-refractivity contribution in [3.8, 4) is 0 Å². The van der Waals surface area contributed by atoms with E-state index in [0.29, 0.717) is 0 Å². The number of aromatic amines is 1. The standard InChI is InChI=1S/C9H17N3/c1-5-9(3,4)10-8-6-7(2)11-12-8/h6H,5H2,1-4H3,(H2,10,11,12). The van der Waals surface area contributed by atoms with E-state index in [1.54, 1.807) is 0 Å². The van der Waals surface area contributed by atoms with E-state index in [0.717, 1.165) is 17.9 Å². The number of aryl methyl sites for hydroxylation is 1. The zero-order chi connectivity index (χ0) is 9.19. The summed E-state index contributed by atoms with van der Waals surface area (Å²) < 4.78 is 0. The Morgan fingerprint density at radius 3 is 2.67 bits per heavy atom. The highest BCUT2D eigenvalue weighted by molar-refractivity contribution is 5.37. The number of aromatic nitrogens is 2. The van der Waals surface area contributed by atoms with Crippen molar-refractivity contribution in [1.29, 1.82) is 0 Å². The molecular weight excluding hydrogens is 150 g/mol. The Kier molecular flexibility index (Phi) is 2.40. The zero-order valence-electron chi connectivity index (χ0n) is 8.23. The van der Waals surface area contributed by atoms with E-state index in [4.69, 9.17) is 0 Å². The van der Waals surface area contributed by atoms with Gasteiger partial charge in [-0.25, -0.2) is 0 Å². The maximum Gasteiger partial charge on any atom is 0.148 e. The lowest BCUT2D eigenvalue weighted by Crippen LogP contribution is -2.29. The summed E-state index contributed by atoms with van der Waals surface area (Å²) in [6.07, 6.45) is 1.08. The van der Waals surface area contributed by atoms with Gasteiger partial charge in [-0.05, 0) is 27.2 Å². The van der Waals surface area contributed by atoms with Gasteiger partial charge in [-0.1, -0.05) is 6.92 Å². The minimum Gasteiger partial charge on any atom is -0.364 e. The maximum atomic E-state index is 4.11. The van der Waals surface area contributed by atoms with Crippen LogP contribution in [0.25, 0.3) is 0 Å². The number of hydrogen-bond donors (Lipinski definition) is 2. The van der Waals surface area contributed by atoms with Crippen LogP contribution < -0.4 is 5.32 Å². The van der Waals surface area contributed by atoms with E-state index in [1.165, 1.54) is 0 Å². The highest BCUT2D eigenvalue weighted by Gasteiger charge is 2.14. The summed E-state index contributed by atoms with van der Waals surface area (Å²) in [5, 5.41) is 10.4. The lowest BCUT2D eigenvalue weighted by atomic mass is 10.0. The van der Waals surface area contributed by atoms with E-state index < -0.39 is 0 Å². The molecule has 3 heteroatoms. The molecule has 0 spiro atoms. The normalized spacial score (nSPS) is 11.7. The average Bonchev–Trinajstić information content (AvgIpc) is 2.35. The molecule has 0 radical (unpaired) electrons. The second kappa shape index (κ2) is 3.17. The first-order chi connectivity index (χ1) is 5.53. The Morgan fingerprint density at radius 2 is 2.25 bits per heavy atom. The Morgan fingerprint density at radius 1 is 1.58 bits per heavy atom. The van der Waals surface area contributed by atoms with Crippen LogP contribution in [-0.4, -0.2) is 15.7 Å². The van der Waals surface area contributed by atoms with E-state index in [2.05, 4.69) is 36.3 Å². The first-order valence-electron chi connectivity index (χ1n) is 4.34. The molecule has 0 saturated carbocycles. The minimum absolute atomic E-state index is 0.127. The first kappa shape index (κ1) is 9.10. The summed E-state index contributed by atoms with van der Waals surface area (Å²) >= 11 is 0. The third kappa shape index (κ3) is 2.26. The van der Waals surface area contributed by atoms with Crippen LogP contribution in [-0.2, 0) is 0 Å². The van der Waals surface area contributed by atoms with Crippen molar-refractivity contribution in [2.24, 2.45) is 0 Å². The molecule has 0 aliphatic carbocycles. The van der Waals surface area contributed by atoms with Crippen molar-refractivity contribution in [2.75, 3.05) is 5.32 Å². The smallest absolute Gasteiger partial charge is 0.148 e. The molecule has 0 amide bonds. The number of anilines is 1. The minimum atomic E-state index is 0.127. The van der Waals surface area contributed by atoms with Gasteiger partial charge in [0, 0.05) is 17.3 Å². The largest absolute Gasteiger partial charge is 0.364 e. The number of H-pyrrole nitrogens is 1. The molecule has 0 unspecified atom stereocenters. The van der Waals surface area contributed by atoms with Gasteiger partial charge in [0.05, 0.1) is 0 Å². The molecule has 0 aromatic carbocycles. The van der Waals surface area contributed by atoms with Gasteiger partial charge in [0.2, 0.25) is 0 Å². The Balaban J connectivity index is 2.63. The van der Waals surface area contributed by atoms with Crippen molar-refractivity contribution in [2.45, 2.75) is 39.7 Å². The maximum absolute atomic E-state index is 4.11. The Hall–Kier alpha value is -0.990. The van der Waals surface area contributed by atoms with E-state index in [-0.39, 0.29) is 5.54 Å². The molecule has 0 atom stereocenters. The van der Waals surface area contributed by atoms with Crippen LogP contribution in [0.1, 0.15) is 32.9 Å². The molecule has 12 heavy (non-hydrogen) atoms. The molecule has 3 nitrogen and oxygen atoms in total. The SMILES string of the molecule is CCC(C)(C)Nc1cc(C)[nH]n1. The molecule has 1 heterocycles. The summed E-state index contributed by atoms with van der Waals surface area (Å²) in [7, 11) is 0. The summed E-state index contributed by atoms with van der Waals surface area (Å²) in [5.41, 5.74) is 1.21. The zero-order valence-corrected chi connectivity index (χ0v) is 8.23. The highest BCUT2D eigenvalue weighted by atomic mass is 15.2. The van der Waals surface area contributed by atoms with Gasteiger partial charge in [0.25, 0.3) is 0 Å². The third-order valence-corrected chi connectivity index (χ3v) is 2.06. The molecule has 1 aromatic rings. The van der Waals surface area contributed by atoms with Gasteiger partial charge in [-0.15, -0.1) is 0 Å². The molecule has 68 valence electrons. The fourth-order valence-electron chi connectivity index (χ4n) is 0.917. The van der Waals surface area contributed by atoms with E-state index >= 15 is 0 Å². The molecule has 0 bridgehead atoms. The third-order valence-electron chi connectivity index (χ3n) is 2.06. The van der Waals surface area contributed by atoms with Crippen LogP contribution in [0.5, 0.6) is 0 Å². The van der Waals surface area contributed by atoms with Crippen molar-refractivity contribution in [3.63, 3.8) is 0 Å². The molecule has 0 aliphatic heterocycles. The Labute approximate surface area is 73.6 Å². The Bertz CT molecular complexity index is 250. The van der Waals surface area contributed by atoms with Gasteiger partial charge in [0.1, 0.15) is 5.82 Å². The van der Waals surface area contributed by atoms with Crippen molar-refractivity contribution in [3.05, 3.63) is 11.8 Å². The number of nitrogens with one attached hydrogen (secondary N) is 2. The van der Waals surface area contributed by atoms with Crippen molar-refractivity contribution in [1.82, 2.24) is 10.2 Å². The van der Waals surface area contributed by atoms with Gasteiger partial charge in [-0.3, -0.25) is 5.10 Å². The number of nitrogens with zero attached hydrogens (tertiary/aromatic N) is 1. The van der Waals surface area contributed by atoms with Crippen molar-refractivity contribution >= 4 is 5.82 Å². The first-order valence-corrected chi connectivity index (χ1v) is 4.34. The molecule has 0 fully saturated rings. The fourth-order valence-corrected chi connectivity index (χ4v) is 0.917. The summed E-state index contributed by atoms with van der Waals surface area (Å²) in [6, 6.07) is 2.01. The van der Waals surface area contributed by atoms with E-state index in [9.17, 15) is 0 Å². The van der Waals surface area contributed by atoms with Gasteiger partial charge >= 0.3 is 0 Å². The monoisotopic (exact) mass is 167 g/mol. The topological polar surface area (TPSA) is 40.7 Å². The summed E-state index contributed by atoms with van der Waals surface area (Å²) in [5.74, 6) is 0.930. The van der Waals surface area contributed by atoms with Crippen LogP contribution in [0.4, 0.5) is 5.82 Å². The van der Waals surface area contributed by atoms with Crippen LogP contribution >= 0.6 is 0 Å². The second-order valence-corrected chi connectivity index (χ2v) is 3.80. The van der Waals surface area contributed by atoms with E-state index in [1.807, 2.05) is 13.0 Å².